The third-order valence-electron chi connectivity index (χ3n) is 4.98. The van der Waals surface area contributed by atoms with E-state index in [-0.39, 0.29) is 17.5 Å². The summed E-state index contributed by atoms with van der Waals surface area (Å²) in [5.74, 6) is 0.618. The monoisotopic (exact) mass is 416 g/mol. The number of halogens is 3. The van der Waals surface area contributed by atoms with E-state index < -0.39 is 11.7 Å². The van der Waals surface area contributed by atoms with Gasteiger partial charge in [-0.05, 0) is 43.2 Å². The molecule has 1 atom stereocenters. The summed E-state index contributed by atoms with van der Waals surface area (Å²) >= 11 is 0. The molecule has 3 heterocycles. The van der Waals surface area contributed by atoms with Crippen LogP contribution in [-0.2, 0) is 11.0 Å². The quantitative estimate of drug-likeness (QED) is 0.704. The number of carbonyl (C=O) groups excluding carboxylic acids is 1. The van der Waals surface area contributed by atoms with Crippen molar-refractivity contribution < 1.29 is 18.0 Å². The largest absolute Gasteiger partial charge is 0.416 e. The van der Waals surface area contributed by atoms with Gasteiger partial charge in [0.25, 0.3) is 0 Å². The number of amides is 1. The van der Waals surface area contributed by atoms with Gasteiger partial charge in [0, 0.05) is 31.2 Å². The average Bonchev–Trinajstić information content (AvgIpc) is 3.28. The van der Waals surface area contributed by atoms with E-state index in [4.69, 9.17) is 0 Å². The number of aromatic nitrogens is 4. The third-order valence-corrected chi connectivity index (χ3v) is 4.98. The molecule has 0 spiro atoms. The van der Waals surface area contributed by atoms with E-state index in [1.807, 2.05) is 17.0 Å². The van der Waals surface area contributed by atoms with Crippen LogP contribution in [0.1, 0.15) is 18.4 Å². The predicted octanol–water partition coefficient (Wildman–Crippen LogP) is 3.54. The van der Waals surface area contributed by atoms with E-state index in [0.29, 0.717) is 24.6 Å². The van der Waals surface area contributed by atoms with Gasteiger partial charge >= 0.3 is 6.18 Å². The van der Waals surface area contributed by atoms with Crippen LogP contribution >= 0.6 is 0 Å². The van der Waals surface area contributed by atoms with E-state index >= 15 is 0 Å². The zero-order chi connectivity index (χ0) is 21.1. The predicted molar refractivity (Wildman–Crippen MR) is 104 cm³/mol. The number of piperidine rings is 1. The molecule has 1 saturated heterocycles. The number of carbonyl (C=O) groups is 1. The second kappa shape index (κ2) is 8.13. The highest BCUT2D eigenvalue weighted by Gasteiger charge is 2.31. The summed E-state index contributed by atoms with van der Waals surface area (Å²) in [6.07, 6.45) is 2.00. The van der Waals surface area contributed by atoms with Crippen LogP contribution in [0.2, 0.25) is 0 Å². The maximum Gasteiger partial charge on any atom is 0.416 e. The molecule has 0 bridgehead atoms. The summed E-state index contributed by atoms with van der Waals surface area (Å²) in [7, 11) is 0. The van der Waals surface area contributed by atoms with Crippen molar-refractivity contribution in [1.82, 2.24) is 19.7 Å². The van der Waals surface area contributed by atoms with Crippen molar-refractivity contribution in [2.45, 2.75) is 19.0 Å². The Kier molecular flexibility index (Phi) is 5.39. The van der Waals surface area contributed by atoms with E-state index in [1.54, 1.807) is 23.3 Å². The molecule has 7 nitrogen and oxygen atoms in total. The standard InChI is InChI=1S/C20H19F3N6O/c21-20(22,23)15-4-1-5-16(11-15)25-19(30)14-3-2-9-28(12-14)17-6-7-18(27-26-17)29-10-8-24-13-29/h1,4-8,10-11,13-14H,2-3,9,12H2,(H,25,30). The van der Waals surface area contributed by atoms with E-state index in [2.05, 4.69) is 20.5 Å². The Morgan fingerprint density at radius 2 is 1.93 bits per heavy atom. The first-order valence-electron chi connectivity index (χ1n) is 9.45. The minimum atomic E-state index is -4.45. The topological polar surface area (TPSA) is 75.9 Å². The fourth-order valence-electron chi connectivity index (χ4n) is 3.44. The third kappa shape index (κ3) is 4.42. The fraction of sp³-hybridized carbons (Fsp3) is 0.300. The molecule has 30 heavy (non-hydrogen) atoms. The molecule has 2 aromatic heterocycles. The van der Waals surface area contributed by atoms with E-state index in [9.17, 15) is 18.0 Å². The van der Waals surface area contributed by atoms with Crippen molar-refractivity contribution >= 4 is 17.4 Å². The lowest BCUT2D eigenvalue weighted by molar-refractivity contribution is -0.137. The van der Waals surface area contributed by atoms with Crippen LogP contribution in [0.3, 0.4) is 0 Å². The Bertz CT molecular complexity index is 1000. The molecule has 3 aromatic rings. The van der Waals surface area contributed by atoms with Gasteiger partial charge in [0.05, 0.1) is 11.5 Å². The number of benzene rings is 1. The smallest absolute Gasteiger partial charge is 0.354 e. The van der Waals surface area contributed by atoms with Crippen LogP contribution < -0.4 is 10.2 Å². The molecular weight excluding hydrogens is 397 g/mol. The SMILES string of the molecule is O=C(Nc1cccc(C(F)(F)F)c1)C1CCCN(c2ccc(-n3ccnc3)nn2)C1. The first-order chi connectivity index (χ1) is 14.4. The molecule has 156 valence electrons. The molecule has 4 rings (SSSR count). The summed E-state index contributed by atoms with van der Waals surface area (Å²) in [5.41, 5.74) is -0.657. The molecule has 1 amide bonds. The Morgan fingerprint density at radius 1 is 1.13 bits per heavy atom. The maximum absolute atomic E-state index is 12.9. The second-order valence-electron chi connectivity index (χ2n) is 7.07. The first kappa shape index (κ1) is 19.9. The fourth-order valence-corrected chi connectivity index (χ4v) is 3.44. The minimum Gasteiger partial charge on any atom is -0.354 e. The minimum absolute atomic E-state index is 0.136. The van der Waals surface area contributed by atoms with Crippen molar-refractivity contribution in [3.05, 3.63) is 60.7 Å². The number of rotatable bonds is 4. The van der Waals surface area contributed by atoms with Gasteiger partial charge in [-0.25, -0.2) is 4.98 Å². The Balaban J connectivity index is 1.42. The lowest BCUT2D eigenvalue weighted by atomic mass is 9.97. The first-order valence-corrected chi connectivity index (χ1v) is 9.45. The molecule has 1 unspecified atom stereocenters. The Hall–Kier alpha value is -3.43. The van der Waals surface area contributed by atoms with Gasteiger partial charge in [-0.15, -0.1) is 10.2 Å². The van der Waals surface area contributed by atoms with Gasteiger partial charge in [-0.3, -0.25) is 9.36 Å². The Labute approximate surface area is 170 Å². The highest BCUT2D eigenvalue weighted by atomic mass is 19.4. The number of alkyl halides is 3. The summed E-state index contributed by atoms with van der Waals surface area (Å²) in [6.45, 7) is 1.15. The van der Waals surface area contributed by atoms with Gasteiger partial charge < -0.3 is 10.2 Å². The molecule has 1 N–H and O–H groups in total. The lowest BCUT2D eigenvalue weighted by Crippen LogP contribution is -2.41. The molecular formula is C20H19F3N6O. The normalized spacial score (nSPS) is 17.0. The molecule has 10 heteroatoms. The zero-order valence-corrected chi connectivity index (χ0v) is 15.9. The van der Waals surface area contributed by atoms with Crippen molar-refractivity contribution in [3.63, 3.8) is 0 Å². The van der Waals surface area contributed by atoms with Crippen LogP contribution in [0, 0.1) is 5.92 Å². The van der Waals surface area contributed by atoms with Crippen LogP contribution in [0.5, 0.6) is 0 Å². The van der Waals surface area contributed by atoms with Gasteiger partial charge in [0.1, 0.15) is 6.33 Å². The van der Waals surface area contributed by atoms with E-state index in [1.165, 1.54) is 12.1 Å². The highest BCUT2D eigenvalue weighted by Crippen LogP contribution is 2.31. The molecule has 1 aliphatic heterocycles. The van der Waals surface area contributed by atoms with Crippen LogP contribution in [-0.4, -0.2) is 38.7 Å². The molecule has 0 aliphatic carbocycles. The van der Waals surface area contributed by atoms with E-state index in [0.717, 1.165) is 25.1 Å². The molecule has 0 saturated carbocycles. The summed E-state index contributed by atoms with van der Waals surface area (Å²) in [6, 6.07) is 8.30. The zero-order valence-electron chi connectivity index (χ0n) is 15.9. The van der Waals surface area contributed by atoms with Crippen molar-refractivity contribution in [3.8, 4) is 5.82 Å². The van der Waals surface area contributed by atoms with Crippen LogP contribution in [0.15, 0.2) is 55.1 Å². The van der Waals surface area contributed by atoms with Gasteiger partial charge in [0.2, 0.25) is 5.91 Å². The molecule has 1 fully saturated rings. The number of anilines is 2. The molecule has 1 aromatic carbocycles. The van der Waals surface area contributed by atoms with Gasteiger partial charge in [-0.2, -0.15) is 13.2 Å². The molecule has 1 aliphatic rings. The maximum atomic E-state index is 12.9. The summed E-state index contributed by atoms with van der Waals surface area (Å²) in [5, 5.41) is 11.0. The number of nitrogens with zero attached hydrogens (tertiary/aromatic N) is 5. The Morgan fingerprint density at radius 3 is 2.63 bits per heavy atom. The lowest BCUT2D eigenvalue weighted by Gasteiger charge is -2.32. The number of hydrogen-bond donors (Lipinski definition) is 1. The van der Waals surface area contributed by atoms with Crippen molar-refractivity contribution in [1.29, 1.82) is 0 Å². The van der Waals surface area contributed by atoms with Gasteiger partial charge in [0.15, 0.2) is 11.6 Å². The van der Waals surface area contributed by atoms with Crippen LogP contribution in [0.25, 0.3) is 5.82 Å². The van der Waals surface area contributed by atoms with Crippen molar-refractivity contribution in [2.24, 2.45) is 5.92 Å². The number of hydrogen-bond acceptors (Lipinski definition) is 5. The van der Waals surface area contributed by atoms with Gasteiger partial charge in [-0.1, -0.05) is 6.07 Å². The second-order valence-corrected chi connectivity index (χ2v) is 7.07. The number of imidazole rings is 1. The highest BCUT2D eigenvalue weighted by molar-refractivity contribution is 5.93. The molecule has 0 radical (unpaired) electrons. The number of nitrogens with one attached hydrogen (secondary N) is 1. The van der Waals surface area contributed by atoms with Crippen molar-refractivity contribution in [2.75, 3.05) is 23.3 Å². The summed E-state index contributed by atoms with van der Waals surface area (Å²) in [4.78, 5) is 18.6. The average molecular weight is 416 g/mol. The van der Waals surface area contributed by atoms with Crippen LogP contribution in [0.4, 0.5) is 24.7 Å². The summed E-state index contributed by atoms with van der Waals surface area (Å²) < 4.78 is 40.4.